The maximum Gasteiger partial charge on any atom is 0.405 e. The molecule has 0 radical (unpaired) electrons. The lowest BCUT2D eigenvalue weighted by atomic mass is 10.2. The molecule has 2 aromatic carbocycles. The van der Waals surface area contributed by atoms with Crippen LogP contribution in [0.15, 0.2) is 58.3 Å². The Kier molecular flexibility index (Phi) is 6.19. The predicted octanol–water partition coefficient (Wildman–Crippen LogP) is 3.50. The normalized spacial score (nSPS) is 11.8. The molecule has 2 N–H and O–H groups in total. The van der Waals surface area contributed by atoms with E-state index in [1.54, 1.807) is 23.5 Å². The molecular weight excluding hydrogens is 389 g/mol. The van der Waals surface area contributed by atoms with E-state index in [0.29, 0.717) is 5.69 Å². The van der Waals surface area contributed by atoms with Gasteiger partial charge in [-0.2, -0.15) is 13.2 Å². The second-order valence-electron chi connectivity index (χ2n) is 5.16. The molecular formula is C16H15F3N2O3S2. The Labute approximate surface area is 153 Å². The Morgan fingerprint density at radius 2 is 1.81 bits per heavy atom. The molecule has 0 saturated carbocycles. The van der Waals surface area contributed by atoms with Gasteiger partial charge in [-0.25, -0.2) is 8.42 Å². The largest absolute Gasteiger partial charge is 0.405 e. The van der Waals surface area contributed by atoms with Gasteiger partial charge in [-0.05, 0) is 42.7 Å². The summed E-state index contributed by atoms with van der Waals surface area (Å²) in [5, 5.41) is 1.70. The van der Waals surface area contributed by atoms with Crippen LogP contribution < -0.4 is 10.0 Å². The number of sulfonamides is 1. The molecule has 0 aliphatic heterocycles. The molecule has 10 heteroatoms. The Hall–Kier alpha value is -2.20. The number of nitrogens with one attached hydrogen (secondary N) is 2. The number of benzene rings is 2. The van der Waals surface area contributed by atoms with Crippen LogP contribution in [0.3, 0.4) is 0 Å². The van der Waals surface area contributed by atoms with Crippen molar-refractivity contribution in [2.24, 2.45) is 0 Å². The van der Waals surface area contributed by atoms with Crippen LogP contribution in [0.1, 0.15) is 10.4 Å². The number of alkyl halides is 3. The molecule has 0 unspecified atom stereocenters. The SMILES string of the molecule is CSc1cccc(NS(=O)(=O)c2cccc(C(=O)NCC(F)(F)F)c2)c1. The second-order valence-corrected chi connectivity index (χ2v) is 7.73. The van der Waals surface area contributed by atoms with Crippen LogP contribution >= 0.6 is 11.8 Å². The third kappa shape index (κ3) is 5.67. The summed E-state index contributed by atoms with van der Waals surface area (Å²) in [5.74, 6) is -1.01. The van der Waals surface area contributed by atoms with Crippen molar-refractivity contribution in [1.82, 2.24) is 5.32 Å². The first-order valence-electron chi connectivity index (χ1n) is 7.22. The molecule has 0 heterocycles. The van der Waals surface area contributed by atoms with Gasteiger partial charge in [-0.15, -0.1) is 11.8 Å². The summed E-state index contributed by atoms with van der Waals surface area (Å²) < 4.78 is 63.9. The van der Waals surface area contributed by atoms with Crippen molar-refractivity contribution in [3.05, 3.63) is 54.1 Å². The fourth-order valence-corrected chi connectivity index (χ4v) is 3.54. The van der Waals surface area contributed by atoms with E-state index in [2.05, 4.69) is 4.72 Å². The third-order valence-corrected chi connectivity index (χ3v) is 5.28. The number of hydrogen-bond acceptors (Lipinski definition) is 4. The van der Waals surface area contributed by atoms with Crippen molar-refractivity contribution < 1.29 is 26.4 Å². The maximum absolute atomic E-state index is 12.5. The first-order chi connectivity index (χ1) is 12.1. The van der Waals surface area contributed by atoms with Crippen molar-refractivity contribution in [3.63, 3.8) is 0 Å². The fourth-order valence-electron chi connectivity index (χ4n) is 1.99. The molecule has 140 valence electrons. The number of thioether (sulfide) groups is 1. The van der Waals surface area contributed by atoms with E-state index in [1.807, 2.05) is 12.3 Å². The number of hydrogen-bond donors (Lipinski definition) is 2. The topological polar surface area (TPSA) is 75.3 Å². The van der Waals surface area contributed by atoms with Crippen LogP contribution in [0.4, 0.5) is 18.9 Å². The molecule has 0 aromatic heterocycles. The van der Waals surface area contributed by atoms with Crippen LogP contribution in [-0.4, -0.2) is 33.3 Å². The van der Waals surface area contributed by atoms with Gasteiger partial charge in [0.05, 0.1) is 4.90 Å². The van der Waals surface area contributed by atoms with E-state index in [9.17, 15) is 26.4 Å². The smallest absolute Gasteiger partial charge is 0.343 e. The zero-order chi connectivity index (χ0) is 19.4. The second kappa shape index (κ2) is 8.00. The predicted molar refractivity (Wildman–Crippen MR) is 93.9 cm³/mol. The lowest BCUT2D eigenvalue weighted by Gasteiger charge is -2.11. The van der Waals surface area contributed by atoms with Gasteiger partial charge in [0, 0.05) is 16.1 Å². The summed E-state index contributed by atoms with van der Waals surface area (Å²) in [6.07, 6.45) is -2.71. The third-order valence-electron chi connectivity index (χ3n) is 3.18. The molecule has 2 rings (SSSR count). The molecule has 0 aliphatic rings. The molecule has 5 nitrogen and oxygen atoms in total. The fraction of sp³-hybridized carbons (Fsp3) is 0.188. The van der Waals surface area contributed by atoms with Gasteiger partial charge >= 0.3 is 6.18 Å². The average molecular weight is 404 g/mol. The minimum absolute atomic E-state index is 0.185. The summed E-state index contributed by atoms with van der Waals surface area (Å²) in [6, 6.07) is 11.5. The van der Waals surface area contributed by atoms with Gasteiger partial charge in [0.2, 0.25) is 0 Å². The molecule has 0 atom stereocenters. The minimum atomic E-state index is -4.55. The van der Waals surface area contributed by atoms with Gasteiger partial charge in [0.15, 0.2) is 0 Å². The lowest BCUT2D eigenvalue weighted by molar-refractivity contribution is -0.123. The average Bonchev–Trinajstić information content (AvgIpc) is 2.59. The molecule has 0 spiro atoms. The highest BCUT2D eigenvalue weighted by atomic mass is 32.2. The standard InChI is InChI=1S/C16H15F3N2O3S2/c1-25-13-6-3-5-12(9-13)21-26(23,24)14-7-2-4-11(8-14)15(22)20-10-16(17,18)19/h2-9,21H,10H2,1H3,(H,20,22). The molecule has 0 saturated heterocycles. The number of anilines is 1. The number of carbonyl (C=O) groups is 1. The van der Waals surface area contributed by atoms with E-state index in [-0.39, 0.29) is 10.5 Å². The number of rotatable bonds is 6. The Morgan fingerprint density at radius 3 is 2.46 bits per heavy atom. The first kappa shape index (κ1) is 20.1. The Balaban J connectivity index is 2.20. The molecule has 26 heavy (non-hydrogen) atoms. The highest BCUT2D eigenvalue weighted by Crippen LogP contribution is 2.22. The summed E-state index contributed by atoms with van der Waals surface area (Å²) in [4.78, 5) is 12.4. The van der Waals surface area contributed by atoms with Crippen LogP contribution in [0.5, 0.6) is 0 Å². The minimum Gasteiger partial charge on any atom is -0.343 e. The summed E-state index contributed by atoms with van der Waals surface area (Å²) in [6.45, 7) is -1.50. The monoisotopic (exact) mass is 404 g/mol. The van der Waals surface area contributed by atoms with Gasteiger partial charge < -0.3 is 5.32 Å². The molecule has 0 aliphatic carbocycles. The van der Waals surface area contributed by atoms with Crippen LogP contribution in [0.2, 0.25) is 0 Å². The van der Waals surface area contributed by atoms with Crippen molar-refractivity contribution in [2.75, 3.05) is 17.5 Å². The van der Waals surface area contributed by atoms with Crippen LogP contribution in [0, 0.1) is 0 Å². The van der Waals surface area contributed by atoms with Crippen molar-refractivity contribution >= 4 is 33.4 Å². The Morgan fingerprint density at radius 1 is 1.12 bits per heavy atom. The molecule has 0 bridgehead atoms. The maximum atomic E-state index is 12.5. The summed E-state index contributed by atoms with van der Waals surface area (Å²) in [7, 11) is -4.00. The quantitative estimate of drug-likeness (QED) is 0.723. The van der Waals surface area contributed by atoms with E-state index < -0.39 is 28.7 Å². The molecule has 1 amide bonds. The number of amides is 1. The number of carbonyl (C=O) groups excluding carboxylic acids is 1. The van der Waals surface area contributed by atoms with Crippen LogP contribution in [-0.2, 0) is 10.0 Å². The highest BCUT2D eigenvalue weighted by Gasteiger charge is 2.28. The number of halogens is 3. The van der Waals surface area contributed by atoms with E-state index in [0.717, 1.165) is 11.0 Å². The summed E-state index contributed by atoms with van der Waals surface area (Å²) in [5.41, 5.74) is 0.152. The zero-order valence-electron chi connectivity index (χ0n) is 13.5. The van der Waals surface area contributed by atoms with Gasteiger partial charge in [-0.3, -0.25) is 9.52 Å². The van der Waals surface area contributed by atoms with Gasteiger partial charge in [0.25, 0.3) is 15.9 Å². The summed E-state index contributed by atoms with van der Waals surface area (Å²) >= 11 is 1.44. The van der Waals surface area contributed by atoms with Crippen molar-refractivity contribution in [3.8, 4) is 0 Å². The van der Waals surface area contributed by atoms with E-state index >= 15 is 0 Å². The Bertz CT molecular complexity index is 900. The zero-order valence-corrected chi connectivity index (χ0v) is 15.1. The van der Waals surface area contributed by atoms with E-state index in [4.69, 9.17) is 0 Å². The van der Waals surface area contributed by atoms with E-state index in [1.165, 1.54) is 30.0 Å². The van der Waals surface area contributed by atoms with Crippen molar-refractivity contribution in [2.45, 2.75) is 16.0 Å². The lowest BCUT2D eigenvalue weighted by Crippen LogP contribution is -2.33. The molecule has 0 fully saturated rings. The van der Waals surface area contributed by atoms with Gasteiger partial charge in [0.1, 0.15) is 6.54 Å². The van der Waals surface area contributed by atoms with Crippen molar-refractivity contribution in [1.29, 1.82) is 0 Å². The molecule has 2 aromatic rings. The van der Waals surface area contributed by atoms with Crippen LogP contribution in [0.25, 0.3) is 0 Å². The first-order valence-corrected chi connectivity index (χ1v) is 9.93. The van der Waals surface area contributed by atoms with Gasteiger partial charge in [-0.1, -0.05) is 12.1 Å². The highest BCUT2D eigenvalue weighted by molar-refractivity contribution is 7.98.